The van der Waals surface area contributed by atoms with Gasteiger partial charge in [0.15, 0.2) is 0 Å². The monoisotopic (exact) mass is 322 g/mol. The molecule has 7 nitrogen and oxygen atoms in total. The Morgan fingerprint density at radius 3 is 2.48 bits per heavy atom. The fourth-order valence-electron chi connectivity index (χ4n) is 2.00. The van der Waals surface area contributed by atoms with Gasteiger partial charge in [-0.2, -0.15) is 0 Å². The number of ether oxygens (including phenoxy) is 2. The molecule has 23 heavy (non-hydrogen) atoms. The van der Waals surface area contributed by atoms with Gasteiger partial charge in [-0.3, -0.25) is 9.59 Å². The second kappa shape index (κ2) is 8.77. The summed E-state index contributed by atoms with van der Waals surface area (Å²) in [6.45, 7) is 1.79. The van der Waals surface area contributed by atoms with E-state index in [0.29, 0.717) is 17.7 Å². The second-order valence-corrected chi connectivity index (χ2v) is 5.09. The van der Waals surface area contributed by atoms with Crippen molar-refractivity contribution >= 4 is 23.5 Å². The van der Waals surface area contributed by atoms with Crippen molar-refractivity contribution < 1.29 is 23.9 Å². The number of carbonyl (C=O) groups is 3. The van der Waals surface area contributed by atoms with E-state index < -0.39 is 17.9 Å². The predicted octanol–water partition coefficient (Wildman–Crippen LogP) is 1.19. The van der Waals surface area contributed by atoms with Crippen LogP contribution in [0.15, 0.2) is 18.2 Å². The Bertz CT molecular complexity index is 586. The van der Waals surface area contributed by atoms with Crippen molar-refractivity contribution in [3.05, 3.63) is 29.3 Å². The Morgan fingerprint density at radius 1 is 1.22 bits per heavy atom. The van der Waals surface area contributed by atoms with Gasteiger partial charge in [-0.15, -0.1) is 0 Å². The summed E-state index contributed by atoms with van der Waals surface area (Å²) in [5.74, 6) is -1.33. The van der Waals surface area contributed by atoms with E-state index in [1.165, 1.54) is 14.2 Å². The molecule has 3 N–H and O–H groups in total. The molecule has 0 spiro atoms. The van der Waals surface area contributed by atoms with E-state index in [9.17, 15) is 14.4 Å². The van der Waals surface area contributed by atoms with Crippen LogP contribution >= 0.6 is 0 Å². The molecule has 1 aromatic rings. The van der Waals surface area contributed by atoms with Gasteiger partial charge in [-0.25, -0.2) is 4.79 Å². The largest absolute Gasteiger partial charge is 0.469 e. The van der Waals surface area contributed by atoms with Gasteiger partial charge in [0.25, 0.3) is 5.91 Å². The minimum Gasteiger partial charge on any atom is -0.469 e. The summed E-state index contributed by atoms with van der Waals surface area (Å²) in [5.41, 5.74) is 7.48. The first kappa shape index (κ1) is 18.5. The molecule has 1 amide bonds. The number of nitrogen functional groups attached to an aromatic ring is 1. The number of methoxy groups -OCH3 is 2. The summed E-state index contributed by atoms with van der Waals surface area (Å²) >= 11 is 0. The molecular weight excluding hydrogens is 300 g/mol. The molecule has 1 rings (SSSR count). The molecule has 0 saturated heterocycles. The highest BCUT2D eigenvalue weighted by atomic mass is 16.5. The number of amides is 1. The zero-order chi connectivity index (χ0) is 17.4. The molecule has 0 aliphatic heterocycles. The Morgan fingerprint density at radius 2 is 1.91 bits per heavy atom. The summed E-state index contributed by atoms with van der Waals surface area (Å²) in [6, 6.07) is 4.04. The smallest absolute Gasteiger partial charge is 0.328 e. The third-order valence-corrected chi connectivity index (χ3v) is 3.42. The predicted molar refractivity (Wildman–Crippen MR) is 84.7 cm³/mol. The van der Waals surface area contributed by atoms with Gasteiger partial charge in [-0.05, 0) is 43.5 Å². The molecule has 0 aromatic heterocycles. The highest BCUT2D eigenvalue weighted by Crippen LogP contribution is 2.13. The molecule has 0 aliphatic carbocycles. The molecule has 1 aromatic carbocycles. The third-order valence-electron chi connectivity index (χ3n) is 3.42. The average Bonchev–Trinajstić information content (AvgIpc) is 2.55. The fourth-order valence-corrected chi connectivity index (χ4v) is 2.00. The SMILES string of the molecule is COC(=O)CCCC(NC(=O)c1ccc(N)c(C)c1)C(=O)OC. The number of aryl methyl sites for hydroxylation is 1. The number of anilines is 1. The van der Waals surface area contributed by atoms with Crippen molar-refractivity contribution in [2.45, 2.75) is 32.2 Å². The quantitative estimate of drug-likeness (QED) is 0.577. The van der Waals surface area contributed by atoms with Crippen LogP contribution in [0.3, 0.4) is 0 Å². The molecule has 0 radical (unpaired) electrons. The van der Waals surface area contributed by atoms with Gasteiger partial charge >= 0.3 is 11.9 Å². The van der Waals surface area contributed by atoms with Crippen LogP contribution in [0.1, 0.15) is 35.2 Å². The van der Waals surface area contributed by atoms with Crippen LogP contribution in [0.25, 0.3) is 0 Å². The van der Waals surface area contributed by atoms with Gasteiger partial charge < -0.3 is 20.5 Å². The van der Waals surface area contributed by atoms with Crippen molar-refractivity contribution in [3.8, 4) is 0 Å². The number of rotatable bonds is 7. The first-order valence-corrected chi connectivity index (χ1v) is 7.20. The fraction of sp³-hybridized carbons (Fsp3) is 0.438. The number of hydrogen-bond acceptors (Lipinski definition) is 6. The Labute approximate surface area is 135 Å². The van der Waals surface area contributed by atoms with Crippen molar-refractivity contribution in [1.29, 1.82) is 0 Å². The normalized spacial score (nSPS) is 11.4. The van der Waals surface area contributed by atoms with Crippen LogP contribution in [0.4, 0.5) is 5.69 Å². The van der Waals surface area contributed by atoms with E-state index >= 15 is 0 Å². The molecule has 0 fully saturated rings. The maximum Gasteiger partial charge on any atom is 0.328 e. The lowest BCUT2D eigenvalue weighted by Crippen LogP contribution is -2.41. The molecule has 0 bridgehead atoms. The van der Waals surface area contributed by atoms with Crippen LogP contribution in [0.2, 0.25) is 0 Å². The van der Waals surface area contributed by atoms with Crippen molar-refractivity contribution in [2.24, 2.45) is 0 Å². The lowest BCUT2D eigenvalue weighted by atomic mass is 10.1. The number of esters is 2. The number of benzene rings is 1. The molecule has 0 saturated carbocycles. The maximum atomic E-state index is 12.2. The van der Waals surface area contributed by atoms with E-state index in [1.807, 2.05) is 0 Å². The van der Waals surface area contributed by atoms with Crippen LogP contribution in [-0.4, -0.2) is 38.1 Å². The minimum absolute atomic E-state index is 0.168. The lowest BCUT2D eigenvalue weighted by molar-refractivity contribution is -0.144. The number of hydrogen-bond donors (Lipinski definition) is 2. The lowest BCUT2D eigenvalue weighted by Gasteiger charge is -2.16. The zero-order valence-corrected chi connectivity index (χ0v) is 13.5. The number of nitrogens with two attached hydrogens (primary N) is 1. The molecule has 1 atom stereocenters. The summed E-state index contributed by atoms with van der Waals surface area (Å²) in [7, 11) is 2.54. The molecular formula is C16H22N2O5. The van der Waals surface area contributed by atoms with Crippen molar-refractivity contribution in [3.63, 3.8) is 0 Å². The van der Waals surface area contributed by atoms with Gasteiger partial charge in [0.05, 0.1) is 14.2 Å². The first-order chi connectivity index (χ1) is 10.9. The summed E-state index contributed by atoms with van der Waals surface area (Å²) < 4.78 is 9.23. The summed E-state index contributed by atoms with van der Waals surface area (Å²) in [6.07, 6.45) is 0.843. The number of nitrogens with one attached hydrogen (secondary N) is 1. The highest BCUT2D eigenvalue weighted by molar-refractivity contribution is 5.97. The highest BCUT2D eigenvalue weighted by Gasteiger charge is 2.22. The Balaban J connectivity index is 2.71. The van der Waals surface area contributed by atoms with Crippen LogP contribution < -0.4 is 11.1 Å². The second-order valence-electron chi connectivity index (χ2n) is 5.09. The Hall–Kier alpha value is -2.57. The summed E-state index contributed by atoms with van der Waals surface area (Å²) in [5, 5.41) is 2.62. The molecule has 1 unspecified atom stereocenters. The summed E-state index contributed by atoms with van der Waals surface area (Å²) in [4.78, 5) is 35.1. The van der Waals surface area contributed by atoms with Crippen molar-refractivity contribution in [1.82, 2.24) is 5.32 Å². The van der Waals surface area contributed by atoms with E-state index in [0.717, 1.165) is 5.56 Å². The van der Waals surface area contributed by atoms with Gasteiger partial charge in [0.1, 0.15) is 6.04 Å². The minimum atomic E-state index is -0.824. The molecule has 0 heterocycles. The maximum absolute atomic E-state index is 12.2. The molecule has 0 aliphatic rings. The van der Waals surface area contributed by atoms with Gasteiger partial charge in [-0.1, -0.05) is 0 Å². The third kappa shape index (κ3) is 5.61. The van der Waals surface area contributed by atoms with E-state index in [1.54, 1.807) is 25.1 Å². The van der Waals surface area contributed by atoms with Crippen LogP contribution in [0.5, 0.6) is 0 Å². The zero-order valence-electron chi connectivity index (χ0n) is 13.5. The van der Waals surface area contributed by atoms with Crippen molar-refractivity contribution in [2.75, 3.05) is 20.0 Å². The molecule has 126 valence electrons. The average molecular weight is 322 g/mol. The van der Waals surface area contributed by atoms with E-state index in [2.05, 4.69) is 14.8 Å². The van der Waals surface area contributed by atoms with Crippen LogP contribution in [0, 0.1) is 6.92 Å². The van der Waals surface area contributed by atoms with E-state index in [-0.39, 0.29) is 18.8 Å². The van der Waals surface area contributed by atoms with Crippen LogP contribution in [-0.2, 0) is 19.1 Å². The van der Waals surface area contributed by atoms with Gasteiger partial charge in [0, 0.05) is 17.7 Å². The topological polar surface area (TPSA) is 108 Å². The standard InChI is InChI=1S/C16H22N2O5/c1-10-9-11(7-8-12(10)17)15(20)18-13(16(21)23-3)5-4-6-14(19)22-2/h7-9,13H,4-6,17H2,1-3H3,(H,18,20). The van der Waals surface area contributed by atoms with E-state index in [4.69, 9.17) is 5.73 Å². The Kier molecular flexibility index (Phi) is 7.05. The number of carbonyl (C=O) groups excluding carboxylic acids is 3. The van der Waals surface area contributed by atoms with Gasteiger partial charge in [0.2, 0.25) is 0 Å². The molecule has 7 heteroatoms. The first-order valence-electron chi connectivity index (χ1n) is 7.20.